The molecule has 7 nitrogen and oxygen atoms in total. The van der Waals surface area contributed by atoms with Gasteiger partial charge in [-0.3, -0.25) is 15.0 Å². The van der Waals surface area contributed by atoms with Crippen LogP contribution in [0.15, 0.2) is 60.7 Å². The number of rotatable bonds is 5. The first-order chi connectivity index (χ1) is 16.6. The number of para-hydroxylation sites is 1. The van der Waals surface area contributed by atoms with Gasteiger partial charge >= 0.3 is 0 Å². The molecule has 3 heterocycles. The van der Waals surface area contributed by atoms with Crippen molar-refractivity contribution in [1.29, 1.82) is 0 Å². The van der Waals surface area contributed by atoms with E-state index in [4.69, 9.17) is 16.3 Å². The average molecular weight is 478 g/mol. The maximum absolute atomic E-state index is 14.6. The van der Waals surface area contributed by atoms with E-state index < -0.39 is 5.82 Å². The molecular formula is C25H21ClFN5O2. The highest BCUT2D eigenvalue weighted by molar-refractivity contribution is 6.32. The van der Waals surface area contributed by atoms with Gasteiger partial charge in [-0.2, -0.15) is 0 Å². The summed E-state index contributed by atoms with van der Waals surface area (Å²) in [6, 6.07) is 17.4. The highest BCUT2D eigenvalue weighted by Crippen LogP contribution is 2.32. The van der Waals surface area contributed by atoms with Gasteiger partial charge in [0.25, 0.3) is 0 Å². The molecule has 1 N–H and O–H groups in total. The van der Waals surface area contributed by atoms with Crippen molar-refractivity contribution < 1.29 is 13.9 Å². The van der Waals surface area contributed by atoms with Crippen LogP contribution < -0.4 is 5.32 Å². The zero-order valence-electron chi connectivity index (χ0n) is 18.2. The first-order valence-corrected chi connectivity index (χ1v) is 11.2. The number of hydrogen-bond acceptors (Lipinski definition) is 6. The summed E-state index contributed by atoms with van der Waals surface area (Å²) in [5.74, 6) is -0.625. The number of fused-ring (bicyclic) bond motifs is 1. The molecule has 0 aliphatic carbocycles. The number of nitrogens with zero attached hydrogens (tertiary/aromatic N) is 4. The van der Waals surface area contributed by atoms with Gasteiger partial charge in [-0.25, -0.2) is 19.3 Å². The second-order valence-electron chi connectivity index (χ2n) is 7.90. The molecule has 172 valence electrons. The van der Waals surface area contributed by atoms with Crippen LogP contribution in [0, 0.1) is 5.82 Å². The molecule has 2 aromatic heterocycles. The van der Waals surface area contributed by atoms with Crippen LogP contribution in [0.3, 0.4) is 0 Å². The Morgan fingerprint density at radius 3 is 2.47 bits per heavy atom. The average Bonchev–Trinajstić information content (AvgIpc) is 2.84. The van der Waals surface area contributed by atoms with E-state index >= 15 is 0 Å². The van der Waals surface area contributed by atoms with Crippen molar-refractivity contribution in [2.75, 3.05) is 38.2 Å². The van der Waals surface area contributed by atoms with Crippen LogP contribution in [0.25, 0.3) is 33.4 Å². The summed E-state index contributed by atoms with van der Waals surface area (Å²) in [4.78, 5) is 28.1. The SMILES string of the molecule is O=C(CN1CCOCC1)Nc1nc(-c2ccccc2F)cc(-c2cc3ccccc3nc2Cl)n1. The molecule has 0 radical (unpaired) electrons. The maximum Gasteiger partial charge on any atom is 0.240 e. The van der Waals surface area contributed by atoms with Gasteiger partial charge in [0.2, 0.25) is 11.9 Å². The summed E-state index contributed by atoms with van der Waals surface area (Å²) in [7, 11) is 0. The van der Waals surface area contributed by atoms with Gasteiger partial charge in [0.05, 0.1) is 36.7 Å². The van der Waals surface area contributed by atoms with Gasteiger partial charge in [0, 0.05) is 29.6 Å². The van der Waals surface area contributed by atoms with E-state index in [1.165, 1.54) is 6.07 Å². The van der Waals surface area contributed by atoms with Crippen LogP contribution in [0.2, 0.25) is 5.15 Å². The van der Waals surface area contributed by atoms with Crippen molar-refractivity contribution in [2.45, 2.75) is 0 Å². The van der Waals surface area contributed by atoms with E-state index in [2.05, 4.69) is 20.3 Å². The molecule has 1 fully saturated rings. The van der Waals surface area contributed by atoms with Crippen LogP contribution >= 0.6 is 11.6 Å². The first-order valence-electron chi connectivity index (χ1n) is 10.9. The van der Waals surface area contributed by atoms with Crippen molar-refractivity contribution in [1.82, 2.24) is 19.9 Å². The van der Waals surface area contributed by atoms with Gasteiger partial charge in [-0.1, -0.05) is 41.9 Å². The lowest BCUT2D eigenvalue weighted by Crippen LogP contribution is -2.41. The predicted molar refractivity (Wildman–Crippen MR) is 129 cm³/mol. The summed E-state index contributed by atoms with van der Waals surface area (Å²) in [5.41, 5.74) is 2.36. The van der Waals surface area contributed by atoms with E-state index in [0.29, 0.717) is 48.8 Å². The van der Waals surface area contributed by atoms with E-state index in [0.717, 1.165) is 10.9 Å². The predicted octanol–water partition coefficient (Wildman–Crippen LogP) is 4.42. The number of ether oxygens (including phenoxy) is 1. The number of nitrogens with one attached hydrogen (secondary N) is 1. The molecule has 5 rings (SSSR count). The molecular weight excluding hydrogens is 457 g/mol. The van der Waals surface area contributed by atoms with Crippen molar-refractivity contribution >= 4 is 34.4 Å². The van der Waals surface area contributed by atoms with E-state index in [-0.39, 0.29) is 23.6 Å². The number of carbonyl (C=O) groups excluding carboxylic acids is 1. The fourth-order valence-corrected chi connectivity index (χ4v) is 4.09. The molecule has 34 heavy (non-hydrogen) atoms. The number of anilines is 1. The Morgan fingerprint density at radius 1 is 0.971 bits per heavy atom. The van der Waals surface area contributed by atoms with E-state index in [1.54, 1.807) is 24.3 Å². The highest BCUT2D eigenvalue weighted by Gasteiger charge is 2.18. The lowest BCUT2D eigenvalue weighted by molar-refractivity contribution is -0.118. The van der Waals surface area contributed by atoms with Gasteiger partial charge < -0.3 is 4.74 Å². The quantitative estimate of drug-likeness (QED) is 0.428. The molecule has 0 unspecified atom stereocenters. The Bertz CT molecular complexity index is 1360. The normalized spacial score (nSPS) is 14.3. The van der Waals surface area contributed by atoms with Crippen LogP contribution in [0.4, 0.5) is 10.3 Å². The molecule has 0 atom stereocenters. The minimum atomic E-state index is -0.430. The Morgan fingerprint density at radius 2 is 1.68 bits per heavy atom. The number of amides is 1. The number of halogens is 2. The molecule has 9 heteroatoms. The topological polar surface area (TPSA) is 80.2 Å². The molecule has 4 aromatic rings. The van der Waals surface area contributed by atoms with Crippen molar-refractivity contribution in [3.63, 3.8) is 0 Å². The van der Waals surface area contributed by atoms with Crippen LogP contribution in [-0.4, -0.2) is 58.6 Å². The molecule has 0 spiro atoms. The smallest absolute Gasteiger partial charge is 0.240 e. The lowest BCUT2D eigenvalue weighted by Gasteiger charge is -2.25. The van der Waals surface area contributed by atoms with Crippen molar-refractivity contribution in [2.24, 2.45) is 0 Å². The highest BCUT2D eigenvalue weighted by atomic mass is 35.5. The Labute approximate surface area is 200 Å². The molecule has 0 bridgehead atoms. The van der Waals surface area contributed by atoms with Gasteiger partial charge in [0.1, 0.15) is 11.0 Å². The number of benzene rings is 2. The standard InChI is InChI=1S/C25H21ClFN5O2/c26-24-18(13-16-5-1-4-8-20(16)28-24)22-14-21(17-6-2-3-7-19(17)27)29-25(30-22)31-23(33)15-32-9-11-34-12-10-32/h1-8,13-14H,9-12,15H2,(H,29,30,31,33). The number of carbonyl (C=O) groups is 1. The fraction of sp³-hybridized carbons (Fsp3) is 0.200. The third kappa shape index (κ3) is 4.89. The molecule has 0 saturated carbocycles. The number of morpholine rings is 1. The third-order valence-electron chi connectivity index (χ3n) is 5.55. The zero-order chi connectivity index (χ0) is 23.5. The Balaban J connectivity index is 1.55. The zero-order valence-corrected chi connectivity index (χ0v) is 18.9. The summed E-state index contributed by atoms with van der Waals surface area (Å²) >= 11 is 6.50. The number of pyridine rings is 1. The molecule has 1 aliphatic heterocycles. The molecule has 1 saturated heterocycles. The third-order valence-corrected chi connectivity index (χ3v) is 5.84. The van der Waals surface area contributed by atoms with Crippen LogP contribution in [0.5, 0.6) is 0 Å². The minimum absolute atomic E-state index is 0.0678. The largest absolute Gasteiger partial charge is 0.379 e. The van der Waals surface area contributed by atoms with Crippen LogP contribution in [0.1, 0.15) is 0 Å². The van der Waals surface area contributed by atoms with Gasteiger partial charge in [-0.05, 0) is 30.3 Å². The van der Waals surface area contributed by atoms with Crippen LogP contribution in [-0.2, 0) is 9.53 Å². The van der Waals surface area contributed by atoms with Gasteiger partial charge in [-0.15, -0.1) is 0 Å². The fourth-order valence-electron chi connectivity index (χ4n) is 3.85. The Kier molecular flexibility index (Phi) is 6.44. The molecule has 2 aromatic carbocycles. The van der Waals surface area contributed by atoms with Crippen molar-refractivity contribution in [3.8, 4) is 22.5 Å². The number of hydrogen-bond donors (Lipinski definition) is 1. The lowest BCUT2D eigenvalue weighted by atomic mass is 10.1. The second kappa shape index (κ2) is 9.80. The first kappa shape index (κ1) is 22.3. The summed E-state index contributed by atoms with van der Waals surface area (Å²) in [6.07, 6.45) is 0. The van der Waals surface area contributed by atoms with E-state index in [9.17, 15) is 9.18 Å². The monoisotopic (exact) mass is 477 g/mol. The Hall–Kier alpha value is -3.46. The van der Waals surface area contributed by atoms with Crippen molar-refractivity contribution in [3.05, 3.63) is 71.6 Å². The molecule has 1 aliphatic rings. The van der Waals surface area contributed by atoms with E-state index in [1.807, 2.05) is 35.2 Å². The second-order valence-corrected chi connectivity index (χ2v) is 8.26. The molecule has 1 amide bonds. The van der Waals surface area contributed by atoms with Gasteiger partial charge in [0.15, 0.2) is 0 Å². The maximum atomic E-state index is 14.6. The summed E-state index contributed by atoms with van der Waals surface area (Å²) in [6.45, 7) is 2.71. The summed E-state index contributed by atoms with van der Waals surface area (Å²) in [5, 5.41) is 3.89. The summed E-state index contributed by atoms with van der Waals surface area (Å²) < 4.78 is 19.9. The minimum Gasteiger partial charge on any atom is -0.379 e. The number of aromatic nitrogens is 3.